The Hall–Kier alpha value is -6.49. The molecule has 3 nitrogen and oxygen atoms in total. The summed E-state index contributed by atoms with van der Waals surface area (Å²) in [5, 5.41) is 8.12. The van der Waals surface area contributed by atoms with Crippen molar-refractivity contribution in [2.45, 2.75) is 13.1 Å². The van der Waals surface area contributed by atoms with E-state index in [9.17, 15) is 0 Å². The van der Waals surface area contributed by atoms with E-state index in [1.807, 2.05) is 6.07 Å². The zero-order valence-corrected chi connectivity index (χ0v) is 30.6. The third-order valence-corrected chi connectivity index (χ3v) is 14.5. The molecule has 1 aliphatic rings. The first kappa shape index (κ1) is 31.3. The fraction of sp³-hybridized carbons (Fsp3) is 0.0408. The van der Waals surface area contributed by atoms with Crippen LogP contribution in [0.3, 0.4) is 0 Å². The minimum Gasteiger partial charge on any atom is -0.208 e. The molecule has 2 heterocycles. The molecule has 0 bridgehead atoms. The lowest BCUT2D eigenvalue weighted by molar-refractivity contribution is 1.07. The molecule has 10 rings (SSSR count). The summed E-state index contributed by atoms with van der Waals surface area (Å²) in [6.07, 6.45) is 0. The lowest BCUT2D eigenvalue weighted by Crippen LogP contribution is -2.49. The van der Waals surface area contributed by atoms with Gasteiger partial charge in [0.25, 0.3) is 0 Å². The van der Waals surface area contributed by atoms with E-state index in [0.29, 0.717) is 17.5 Å². The van der Waals surface area contributed by atoms with E-state index >= 15 is 0 Å². The lowest BCUT2D eigenvalue weighted by Gasteiger charge is -2.20. The SMILES string of the molecule is C[Si]1(C)c2ccc(-c3nc(-c4ccc(-c5cccc6ccccc56)cc4)nc(-c4cccc(-c5ccccc5)c4)n3)cc2-c2ccc3ccccc3c21. The van der Waals surface area contributed by atoms with Gasteiger partial charge in [0.1, 0.15) is 8.07 Å². The van der Waals surface area contributed by atoms with Crippen LogP contribution in [-0.4, -0.2) is 23.0 Å². The Morgan fingerprint density at radius 1 is 0.340 bits per heavy atom. The van der Waals surface area contributed by atoms with Gasteiger partial charge in [0.15, 0.2) is 17.5 Å². The Morgan fingerprint density at radius 2 is 0.887 bits per heavy atom. The third-order valence-electron chi connectivity index (χ3n) is 10.9. The van der Waals surface area contributed by atoms with Gasteiger partial charge in [0, 0.05) is 16.7 Å². The Labute approximate surface area is 310 Å². The van der Waals surface area contributed by atoms with E-state index in [-0.39, 0.29) is 0 Å². The molecule has 4 heteroatoms. The van der Waals surface area contributed by atoms with Crippen LogP contribution in [-0.2, 0) is 0 Å². The molecule has 0 saturated heterocycles. The molecule has 53 heavy (non-hydrogen) atoms. The molecule has 0 saturated carbocycles. The Bertz CT molecular complexity index is 2850. The van der Waals surface area contributed by atoms with Crippen LogP contribution in [0, 0.1) is 0 Å². The van der Waals surface area contributed by atoms with E-state index in [1.54, 1.807) is 0 Å². The van der Waals surface area contributed by atoms with Crippen LogP contribution in [0.15, 0.2) is 176 Å². The quantitative estimate of drug-likeness (QED) is 0.168. The summed E-state index contributed by atoms with van der Waals surface area (Å²) in [6.45, 7) is 4.95. The predicted molar refractivity (Wildman–Crippen MR) is 224 cm³/mol. The topological polar surface area (TPSA) is 38.7 Å². The van der Waals surface area contributed by atoms with Gasteiger partial charge in [-0.15, -0.1) is 0 Å². The van der Waals surface area contributed by atoms with E-state index in [1.165, 1.54) is 48.6 Å². The van der Waals surface area contributed by atoms with Crippen molar-refractivity contribution in [1.29, 1.82) is 0 Å². The Kier molecular flexibility index (Phi) is 7.27. The van der Waals surface area contributed by atoms with Crippen LogP contribution in [0.25, 0.3) is 89.1 Å². The Morgan fingerprint density at radius 3 is 1.66 bits per heavy atom. The van der Waals surface area contributed by atoms with E-state index < -0.39 is 8.07 Å². The predicted octanol–water partition coefficient (Wildman–Crippen LogP) is 11.3. The van der Waals surface area contributed by atoms with Crippen molar-refractivity contribution in [1.82, 2.24) is 15.0 Å². The summed E-state index contributed by atoms with van der Waals surface area (Å²) < 4.78 is 0. The molecule has 0 spiro atoms. The molecular weight excluding hydrogens is 659 g/mol. The van der Waals surface area contributed by atoms with Gasteiger partial charge in [-0.2, -0.15) is 0 Å². The first-order valence-corrected chi connectivity index (χ1v) is 21.2. The fourth-order valence-corrected chi connectivity index (χ4v) is 11.7. The van der Waals surface area contributed by atoms with Crippen LogP contribution in [0.2, 0.25) is 13.1 Å². The second-order valence-corrected chi connectivity index (χ2v) is 18.7. The van der Waals surface area contributed by atoms with Crippen molar-refractivity contribution in [3.63, 3.8) is 0 Å². The highest BCUT2D eigenvalue weighted by Crippen LogP contribution is 2.36. The largest absolute Gasteiger partial charge is 0.208 e. The summed E-state index contributed by atoms with van der Waals surface area (Å²) in [4.78, 5) is 15.5. The number of benzene rings is 8. The number of fused-ring (bicyclic) bond motifs is 6. The van der Waals surface area contributed by atoms with Gasteiger partial charge in [0.05, 0.1) is 0 Å². The summed E-state index contributed by atoms with van der Waals surface area (Å²) in [5.41, 5.74) is 10.2. The molecule has 250 valence electrons. The highest BCUT2D eigenvalue weighted by Gasteiger charge is 2.39. The highest BCUT2D eigenvalue weighted by atomic mass is 28.3. The summed E-state index contributed by atoms with van der Waals surface area (Å²) >= 11 is 0. The van der Waals surface area contributed by atoms with Crippen molar-refractivity contribution in [3.05, 3.63) is 176 Å². The van der Waals surface area contributed by atoms with Crippen LogP contribution < -0.4 is 10.4 Å². The van der Waals surface area contributed by atoms with Crippen LogP contribution >= 0.6 is 0 Å². The Balaban J connectivity index is 1.12. The van der Waals surface area contributed by atoms with E-state index in [0.717, 1.165) is 33.4 Å². The maximum absolute atomic E-state index is 5.19. The first-order chi connectivity index (χ1) is 26.0. The lowest BCUT2D eigenvalue weighted by atomic mass is 9.97. The molecule has 0 unspecified atom stereocenters. The minimum absolute atomic E-state index is 0.654. The van der Waals surface area contributed by atoms with Crippen molar-refractivity contribution < 1.29 is 0 Å². The van der Waals surface area contributed by atoms with Crippen LogP contribution in [0.1, 0.15) is 0 Å². The molecule has 0 N–H and O–H groups in total. The van der Waals surface area contributed by atoms with Crippen molar-refractivity contribution in [2.24, 2.45) is 0 Å². The number of aromatic nitrogens is 3. The molecule has 0 fully saturated rings. The average Bonchev–Trinajstić information content (AvgIpc) is 3.46. The van der Waals surface area contributed by atoms with Crippen LogP contribution in [0.4, 0.5) is 0 Å². The number of hydrogen-bond acceptors (Lipinski definition) is 3. The number of hydrogen-bond donors (Lipinski definition) is 0. The molecule has 8 aromatic carbocycles. The van der Waals surface area contributed by atoms with Crippen LogP contribution in [0.5, 0.6) is 0 Å². The second kappa shape index (κ2) is 12.3. The van der Waals surface area contributed by atoms with Gasteiger partial charge < -0.3 is 0 Å². The standard InChI is InChI=1S/C49H35N3Si/c1-53(2)45-29-27-39(31-44(45)43-28-26-34-15-7-9-20-42(34)46(43)53)49-51-47(50-48(52-49)38-18-10-17-37(30-38)32-12-4-3-5-13-32)36-24-22-35(23-25-36)41-21-11-16-33-14-6-8-19-40(33)41/h3-31H,1-2H3. The molecule has 0 atom stereocenters. The van der Waals surface area contributed by atoms with Gasteiger partial charge >= 0.3 is 0 Å². The zero-order valence-electron chi connectivity index (χ0n) is 29.6. The number of rotatable bonds is 5. The summed E-state index contributed by atoms with van der Waals surface area (Å²) in [5.74, 6) is 1.98. The van der Waals surface area contributed by atoms with Crippen molar-refractivity contribution in [3.8, 4) is 67.5 Å². The van der Waals surface area contributed by atoms with Gasteiger partial charge in [-0.05, 0) is 77.4 Å². The fourth-order valence-electron chi connectivity index (χ4n) is 8.26. The highest BCUT2D eigenvalue weighted by molar-refractivity contribution is 7.05. The summed E-state index contributed by atoms with van der Waals surface area (Å²) in [7, 11) is -1.94. The minimum atomic E-state index is -1.94. The van der Waals surface area contributed by atoms with Gasteiger partial charge in [-0.25, -0.2) is 15.0 Å². The molecule has 0 radical (unpaired) electrons. The van der Waals surface area contributed by atoms with Gasteiger partial charge in [-0.3, -0.25) is 0 Å². The van der Waals surface area contributed by atoms with Crippen molar-refractivity contribution in [2.75, 3.05) is 0 Å². The molecule has 1 aliphatic heterocycles. The second-order valence-electron chi connectivity index (χ2n) is 14.5. The molecular formula is C49H35N3Si. The average molecular weight is 694 g/mol. The maximum atomic E-state index is 5.19. The monoisotopic (exact) mass is 693 g/mol. The molecule has 0 aliphatic carbocycles. The third kappa shape index (κ3) is 5.30. The van der Waals surface area contributed by atoms with Gasteiger partial charge in [0.2, 0.25) is 0 Å². The summed E-state index contributed by atoms with van der Waals surface area (Å²) in [6, 6.07) is 62.9. The first-order valence-electron chi connectivity index (χ1n) is 18.2. The van der Waals surface area contributed by atoms with Crippen molar-refractivity contribution >= 4 is 40.0 Å². The smallest absolute Gasteiger partial charge is 0.164 e. The van der Waals surface area contributed by atoms with E-state index in [2.05, 4.69) is 183 Å². The zero-order chi connectivity index (χ0) is 35.5. The molecule has 0 amide bonds. The molecule has 1 aromatic heterocycles. The normalized spacial score (nSPS) is 12.9. The number of nitrogens with zero attached hydrogens (tertiary/aromatic N) is 3. The maximum Gasteiger partial charge on any atom is 0.164 e. The van der Waals surface area contributed by atoms with Gasteiger partial charge in [-0.1, -0.05) is 177 Å². The van der Waals surface area contributed by atoms with E-state index in [4.69, 9.17) is 15.0 Å². The molecule has 9 aromatic rings.